The first-order chi connectivity index (χ1) is 15.6. The van der Waals surface area contributed by atoms with E-state index < -0.39 is 21.8 Å². The molecule has 0 bridgehead atoms. The van der Waals surface area contributed by atoms with E-state index in [4.69, 9.17) is 4.74 Å². The summed E-state index contributed by atoms with van der Waals surface area (Å²) in [6.45, 7) is 3.37. The van der Waals surface area contributed by atoms with Crippen LogP contribution in [0, 0.1) is 0 Å². The predicted octanol–water partition coefficient (Wildman–Crippen LogP) is 3.36. The number of hydrogen-bond donors (Lipinski definition) is 1. The molecule has 0 unspecified atom stereocenters. The average molecular weight is 486 g/mol. The molecule has 11 heteroatoms. The number of amides is 1. The smallest absolute Gasteiger partial charge is 0.416 e. The number of carbonyl (C=O) groups excluding carboxylic acids is 1. The van der Waals surface area contributed by atoms with Gasteiger partial charge in [0.05, 0.1) is 12.7 Å². The molecule has 0 atom stereocenters. The van der Waals surface area contributed by atoms with Gasteiger partial charge in [0.15, 0.2) is 0 Å². The Balaban J connectivity index is 1.74. The van der Waals surface area contributed by atoms with Crippen LogP contribution in [0.1, 0.15) is 29.3 Å². The molecule has 7 nitrogen and oxygen atoms in total. The number of benzene rings is 2. The Bertz CT molecular complexity index is 1100. The van der Waals surface area contributed by atoms with Crippen molar-refractivity contribution in [3.8, 4) is 5.75 Å². The summed E-state index contributed by atoms with van der Waals surface area (Å²) >= 11 is 0. The van der Waals surface area contributed by atoms with Crippen LogP contribution in [-0.4, -0.2) is 59.1 Å². The van der Waals surface area contributed by atoms with Crippen LogP contribution in [-0.2, 0) is 16.2 Å². The quantitative estimate of drug-likeness (QED) is 0.651. The second-order valence-corrected chi connectivity index (χ2v) is 9.33. The van der Waals surface area contributed by atoms with E-state index >= 15 is 0 Å². The first-order valence-corrected chi connectivity index (χ1v) is 11.9. The number of methoxy groups -OCH3 is 1. The first-order valence-electron chi connectivity index (χ1n) is 10.5. The number of hydrogen-bond acceptors (Lipinski definition) is 5. The predicted molar refractivity (Wildman–Crippen MR) is 118 cm³/mol. The molecule has 1 amide bonds. The number of sulfonamides is 1. The lowest BCUT2D eigenvalue weighted by Crippen LogP contribution is -2.48. The molecular weight excluding hydrogens is 459 g/mol. The number of nitrogens with one attached hydrogen (secondary N) is 1. The van der Waals surface area contributed by atoms with Crippen molar-refractivity contribution in [2.24, 2.45) is 0 Å². The zero-order valence-electron chi connectivity index (χ0n) is 18.4. The number of rotatable bonds is 7. The molecule has 1 heterocycles. The van der Waals surface area contributed by atoms with Crippen LogP contribution in [0.2, 0.25) is 0 Å². The number of carbonyl (C=O) groups is 1. The molecule has 1 aliphatic rings. The highest BCUT2D eigenvalue weighted by Crippen LogP contribution is 2.32. The van der Waals surface area contributed by atoms with Gasteiger partial charge in [0.2, 0.25) is 10.0 Å². The van der Waals surface area contributed by atoms with Crippen LogP contribution in [0.4, 0.5) is 18.9 Å². The molecule has 180 valence electrons. The van der Waals surface area contributed by atoms with Gasteiger partial charge in [-0.1, -0.05) is 13.0 Å². The van der Waals surface area contributed by atoms with E-state index in [1.165, 1.54) is 31.4 Å². The first kappa shape index (κ1) is 24.8. The van der Waals surface area contributed by atoms with Crippen molar-refractivity contribution in [2.75, 3.05) is 44.7 Å². The summed E-state index contributed by atoms with van der Waals surface area (Å²) in [5.74, 6) is -0.224. The highest BCUT2D eigenvalue weighted by molar-refractivity contribution is 7.89. The van der Waals surface area contributed by atoms with Crippen LogP contribution < -0.4 is 14.4 Å². The van der Waals surface area contributed by atoms with Gasteiger partial charge in [0.1, 0.15) is 10.6 Å². The zero-order chi connectivity index (χ0) is 24.2. The molecule has 0 saturated carbocycles. The Kier molecular flexibility index (Phi) is 7.53. The lowest BCUT2D eigenvalue weighted by Gasteiger charge is -2.36. The Labute approximate surface area is 191 Å². The maximum absolute atomic E-state index is 13.0. The van der Waals surface area contributed by atoms with E-state index in [2.05, 4.69) is 4.72 Å². The van der Waals surface area contributed by atoms with Gasteiger partial charge in [-0.25, -0.2) is 13.1 Å². The molecule has 0 spiro atoms. The summed E-state index contributed by atoms with van der Waals surface area (Å²) in [6.07, 6.45) is -3.82. The van der Waals surface area contributed by atoms with E-state index in [0.717, 1.165) is 12.1 Å². The lowest BCUT2D eigenvalue weighted by atomic mass is 10.1. The van der Waals surface area contributed by atoms with E-state index in [9.17, 15) is 26.4 Å². The Morgan fingerprint density at radius 3 is 2.39 bits per heavy atom. The fourth-order valence-corrected chi connectivity index (χ4v) is 4.89. The summed E-state index contributed by atoms with van der Waals surface area (Å²) in [5, 5.41) is 0. The molecule has 1 fully saturated rings. The number of halogens is 3. The number of anilines is 1. The van der Waals surface area contributed by atoms with E-state index in [-0.39, 0.29) is 41.7 Å². The second-order valence-electron chi connectivity index (χ2n) is 7.59. The molecule has 0 radical (unpaired) electrons. The molecule has 3 rings (SSSR count). The van der Waals surface area contributed by atoms with Gasteiger partial charge in [-0.05, 0) is 42.8 Å². The van der Waals surface area contributed by atoms with E-state index in [0.29, 0.717) is 25.2 Å². The van der Waals surface area contributed by atoms with Crippen molar-refractivity contribution >= 4 is 21.6 Å². The van der Waals surface area contributed by atoms with Crippen molar-refractivity contribution in [3.63, 3.8) is 0 Å². The van der Waals surface area contributed by atoms with Gasteiger partial charge < -0.3 is 14.5 Å². The highest BCUT2D eigenvalue weighted by Gasteiger charge is 2.31. The lowest BCUT2D eigenvalue weighted by molar-refractivity contribution is -0.137. The zero-order valence-corrected chi connectivity index (χ0v) is 19.2. The molecule has 2 aromatic rings. The monoisotopic (exact) mass is 485 g/mol. The number of alkyl halides is 3. The number of ether oxygens (including phenoxy) is 1. The van der Waals surface area contributed by atoms with Gasteiger partial charge >= 0.3 is 6.18 Å². The second kappa shape index (κ2) is 10.0. The molecule has 0 aromatic heterocycles. The van der Waals surface area contributed by atoms with Crippen molar-refractivity contribution in [2.45, 2.75) is 24.4 Å². The van der Waals surface area contributed by atoms with Crippen LogP contribution in [0.25, 0.3) is 0 Å². The number of piperazine rings is 1. The largest absolute Gasteiger partial charge is 0.495 e. The molecule has 1 N–H and O–H groups in total. The third-order valence-corrected chi connectivity index (χ3v) is 6.83. The third kappa shape index (κ3) is 5.77. The summed E-state index contributed by atoms with van der Waals surface area (Å²) < 4.78 is 71.9. The van der Waals surface area contributed by atoms with Gasteiger partial charge in [0, 0.05) is 44.0 Å². The molecular formula is C22H26F3N3O4S. The van der Waals surface area contributed by atoms with Gasteiger partial charge in [-0.2, -0.15) is 13.2 Å². The van der Waals surface area contributed by atoms with Crippen molar-refractivity contribution in [1.29, 1.82) is 0 Å². The SMILES string of the molecule is CCCNS(=O)(=O)c1cc(C(=O)N2CCN(c3cccc(C(F)(F)F)c3)CC2)ccc1OC. The maximum Gasteiger partial charge on any atom is 0.416 e. The van der Waals surface area contributed by atoms with Crippen LogP contribution in [0.15, 0.2) is 47.4 Å². The van der Waals surface area contributed by atoms with Gasteiger partial charge in [0.25, 0.3) is 5.91 Å². The number of nitrogens with zero attached hydrogens (tertiary/aromatic N) is 2. The van der Waals surface area contributed by atoms with Crippen molar-refractivity contribution < 1.29 is 31.1 Å². The fourth-order valence-electron chi connectivity index (χ4n) is 3.56. The molecule has 1 saturated heterocycles. The van der Waals surface area contributed by atoms with Crippen LogP contribution in [0.5, 0.6) is 5.75 Å². The minimum absolute atomic E-state index is 0.119. The summed E-state index contributed by atoms with van der Waals surface area (Å²) in [4.78, 5) is 16.3. The minimum Gasteiger partial charge on any atom is -0.495 e. The standard InChI is InChI=1S/C22H26F3N3O4S/c1-3-9-26-33(30,31)20-14-16(7-8-19(20)32-2)21(29)28-12-10-27(11-13-28)18-6-4-5-17(15-18)22(23,24)25/h4-8,14-15,26H,3,9-13H2,1-2H3. The highest BCUT2D eigenvalue weighted by atomic mass is 32.2. The topological polar surface area (TPSA) is 79.0 Å². The van der Waals surface area contributed by atoms with Crippen molar-refractivity contribution in [1.82, 2.24) is 9.62 Å². The van der Waals surface area contributed by atoms with Crippen LogP contribution >= 0.6 is 0 Å². The fraction of sp³-hybridized carbons (Fsp3) is 0.409. The molecule has 0 aliphatic carbocycles. The van der Waals surface area contributed by atoms with Gasteiger partial charge in [-0.3, -0.25) is 4.79 Å². The normalized spacial score (nSPS) is 14.9. The molecule has 33 heavy (non-hydrogen) atoms. The van der Waals surface area contributed by atoms with Crippen LogP contribution in [0.3, 0.4) is 0 Å². The minimum atomic E-state index is -4.42. The van der Waals surface area contributed by atoms with Crippen molar-refractivity contribution in [3.05, 3.63) is 53.6 Å². The summed E-state index contributed by atoms with van der Waals surface area (Å²) in [6, 6.07) is 9.32. The molecule has 1 aliphatic heterocycles. The van der Waals surface area contributed by atoms with E-state index in [1.807, 2.05) is 6.92 Å². The third-order valence-electron chi connectivity index (χ3n) is 5.35. The Morgan fingerprint density at radius 1 is 1.09 bits per heavy atom. The summed E-state index contributed by atoms with van der Waals surface area (Å²) in [7, 11) is -2.51. The van der Waals surface area contributed by atoms with Gasteiger partial charge in [-0.15, -0.1) is 0 Å². The Morgan fingerprint density at radius 2 is 1.79 bits per heavy atom. The maximum atomic E-state index is 13.0. The summed E-state index contributed by atoms with van der Waals surface area (Å²) in [5.41, 5.74) is -0.0842. The average Bonchev–Trinajstić information content (AvgIpc) is 2.81. The van der Waals surface area contributed by atoms with E-state index in [1.54, 1.807) is 15.9 Å². The Hall–Kier alpha value is -2.79. The molecule has 2 aromatic carbocycles.